The number of aliphatic carboxylic acids is 1. The number of hydrogen-bond donors (Lipinski definition) is 3. The van der Waals surface area contributed by atoms with Gasteiger partial charge in [-0.3, -0.25) is 0 Å². The number of ether oxygens (including phenoxy) is 1. The fourth-order valence-corrected chi connectivity index (χ4v) is 1.55. The molecule has 0 aliphatic carbocycles. The van der Waals surface area contributed by atoms with Crippen molar-refractivity contribution in [3.8, 4) is 0 Å². The molecule has 1 saturated heterocycles. The number of hydrogen-bond acceptors (Lipinski definition) is 4. The Morgan fingerprint density at radius 1 is 1.45 bits per heavy atom. The Bertz CT molecular complexity index is 390. The molecule has 7 nitrogen and oxygen atoms in total. The van der Waals surface area contributed by atoms with Crippen molar-refractivity contribution in [2.45, 2.75) is 24.7 Å². The van der Waals surface area contributed by atoms with Gasteiger partial charge in [-0.25, -0.2) is 9.59 Å². The maximum Gasteiger partial charge on any atom is 0.422 e. The van der Waals surface area contributed by atoms with E-state index < -0.39 is 29.8 Å². The highest BCUT2D eigenvalue weighted by atomic mass is 19.4. The van der Waals surface area contributed by atoms with Crippen LogP contribution in [0.2, 0.25) is 0 Å². The molecular weight excluding hydrogens is 285 g/mol. The molecule has 1 heterocycles. The van der Waals surface area contributed by atoms with Gasteiger partial charge in [-0.1, -0.05) is 0 Å². The number of aliphatic hydroxyl groups excluding tert-OH is 1. The van der Waals surface area contributed by atoms with E-state index in [1.807, 2.05) is 0 Å². The summed E-state index contributed by atoms with van der Waals surface area (Å²) in [6.07, 6.45) is -5.84. The lowest BCUT2D eigenvalue weighted by atomic mass is 10.0. The maximum atomic E-state index is 12.7. The second-order valence-electron chi connectivity index (χ2n) is 4.48. The monoisotopic (exact) mass is 300 g/mol. The van der Waals surface area contributed by atoms with Gasteiger partial charge >= 0.3 is 18.2 Å². The van der Waals surface area contributed by atoms with Crippen molar-refractivity contribution in [1.29, 1.82) is 0 Å². The first-order valence-electron chi connectivity index (χ1n) is 5.71. The number of amides is 2. The molecule has 10 heteroatoms. The van der Waals surface area contributed by atoms with Gasteiger partial charge in [0.15, 0.2) is 0 Å². The molecule has 2 amide bonds. The normalized spacial score (nSPS) is 23.1. The highest BCUT2D eigenvalue weighted by molar-refractivity contribution is 5.86. The molecular formula is C10H15F3N2O5. The highest BCUT2D eigenvalue weighted by Crippen LogP contribution is 2.30. The van der Waals surface area contributed by atoms with Crippen LogP contribution >= 0.6 is 0 Å². The van der Waals surface area contributed by atoms with Gasteiger partial charge in [-0.05, 0) is 6.92 Å². The van der Waals surface area contributed by atoms with Gasteiger partial charge in [-0.2, -0.15) is 13.2 Å². The van der Waals surface area contributed by atoms with Gasteiger partial charge in [0, 0.05) is 6.54 Å². The lowest BCUT2D eigenvalue weighted by Crippen LogP contribution is -2.65. The first-order chi connectivity index (χ1) is 9.11. The van der Waals surface area contributed by atoms with Gasteiger partial charge < -0.3 is 25.2 Å². The van der Waals surface area contributed by atoms with Crippen molar-refractivity contribution in [2.24, 2.45) is 0 Å². The molecule has 1 aliphatic heterocycles. The summed E-state index contributed by atoms with van der Waals surface area (Å²) >= 11 is 0. The fourth-order valence-electron chi connectivity index (χ4n) is 1.55. The third-order valence-electron chi connectivity index (χ3n) is 2.98. The number of rotatable bonds is 3. The zero-order valence-electron chi connectivity index (χ0n) is 10.6. The summed E-state index contributed by atoms with van der Waals surface area (Å²) in [4.78, 5) is 23.5. The highest BCUT2D eigenvalue weighted by Gasteiger charge is 2.59. The largest absolute Gasteiger partial charge is 0.479 e. The van der Waals surface area contributed by atoms with E-state index in [1.54, 1.807) is 0 Å². The Balaban J connectivity index is 2.79. The molecule has 1 aliphatic rings. The average molecular weight is 300 g/mol. The Kier molecular flexibility index (Phi) is 4.81. The Labute approximate surface area is 112 Å². The number of carbonyl (C=O) groups excluding carboxylic acids is 1. The molecule has 0 bridgehead atoms. The topological polar surface area (TPSA) is 99.1 Å². The Morgan fingerprint density at radius 2 is 2.05 bits per heavy atom. The molecule has 0 aromatic heterocycles. The first kappa shape index (κ1) is 16.5. The fraction of sp³-hybridized carbons (Fsp3) is 0.800. The Hall–Kier alpha value is -1.55. The molecule has 0 saturated carbocycles. The van der Waals surface area contributed by atoms with Crippen molar-refractivity contribution in [3.63, 3.8) is 0 Å². The smallest absolute Gasteiger partial charge is 0.422 e. The van der Waals surface area contributed by atoms with E-state index >= 15 is 0 Å². The molecule has 0 spiro atoms. The lowest BCUT2D eigenvalue weighted by Gasteiger charge is -2.35. The van der Waals surface area contributed by atoms with Crippen LogP contribution in [0.25, 0.3) is 0 Å². The van der Waals surface area contributed by atoms with E-state index in [0.29, 0.717) is 6.92 Å². The van der Waals surface area contributed by atoms with E-state index in [4.69, 9.17) is 14.9 Å². The molecule has 0 radical (unpaired) electrons. The summed E-state index contributed by atoms with van der Waals surface area (Å²) < 4.78 is 43.3. The van der Waals surface area contributed by atoms with Crippen molar-refractivity contribution < 1.29 is 37.7 Å². The summed E-state index contributed by atoms with van der Waals surface area (Å²) in [5, 5.41) is 19.1. The molecule has 0 aromatic carbocycles. The van der Waals surface area contributed by atoms with Gasteiger partial charge in [0.2, 0.25) is 5.54 Å². The molecule has 0 aromatic rings. The van der Waals surface area contributed by atoms with Crippen molar-refractivity contribution >= 4 is 12.0 Å². The molecule has 1 rings (SSSR count). The summed E-state index contributed by atoms with van der Waals surface area (Å²) in [7, 11) is 0. The molecule has 20 heavy (non-hydrogen) atoms. The predicted molar refractivity (Wildman–Crippen MR) is 59.0 cm³/mol. The van der Waals surface area contributed by atoms with Crippen LogP contribution in [0.4, 0.5) is 18.0 Å². The first-order valence-corrected chi connectivity index (χ1v) is 5.71. The zero-order chi connectivity index (χ0) is 15.6. The third-order valence-corrected chi connectivity index (χ3v) is 2.98. The second kappa shape index (κ2) is 5.83. The van der Waals surface area contributed by atoms with Crippen LogP contribution in [0.15, 0.2) is 0 Å². The Morgan fingerprint density at radius 3 is 2.50 bits per heavy atom. The van der Waals surface area contributed by atoms with Crippen LogP contribution in [0, 0.1) is 0 Å². The van der Waals surface area contributed by atoms with Crippen molar-refractivity contribution in [1.82, 2.24) is 10.2 Å². The number of nitrogens with zero attached hydrogens (tertiary/aromatic N) is 1. The van der Waals surface area contributed by atoms with E-state index in [1.165, 1.54) is 5.32 Å². The number of urea groups is 1. The third kappa shape index (κ3) is 3.31. The van der Waals surface area contributed by atoms with Gasteiger partial charge in [-0.15, -0.1) is 0 Å². The van der Waals surface area contributed by atoms with Crippen LogP contribution in [-0.4, -0.2) is 71.2 Å². The predicted octanol–water partition coefficient (Wildman–Crippen LogP) is -0.205. The van der Waals surface area contributed by atoms with Crippen LogP contribution in [0.5, 0.6) is 0 Å². The maximum absolute atomic E-state index is 12.7. The minimum atomic E-state index is -5.14. The number of carboxylic acids is 1. The van der Waals surface area contributed by atoms with Gasteiger partial charge in [0.05, 0.1) is 25.9 Å². The van der Waals surface area contributed by atoms with Gasteiger partial charge in [0.25, 0.3) is 0 Å². The van der Waals surface area contributed by atoms with E-state index in [-0.39, 0.29) is 26.3 Å². The molecule has 1 fully saturated rings. The molecule has 3 N–H and O–H groups in total. The molecule has 2 unspecified atom stereocenters. The summed E-state index contributed by atoms with van der Waals surface area (Å²) in [6.45, 7) is -0.0727. The summed E-state index contributed by atoms with van der Waals surface area (Å²) in [5.41, 5.74) is -3.38. The summed E-state index contributed by atoms with van der Waals surface area (Å²) in [6, 6.07) is -1.17. The number of nitrogens with one attached hydrogen (secondary N) is 1. The van der Waals surface area contributed by atoms with Crippen LogP contribution < -0.4 is 5.32 Å². The van der Waals surface area contributed by atoms with Crippen molar-refractivity contribution in [3.05, 3.63) is 0 Å². The van der Waals surface area contributed by atoms with Crippen molar-refractivity contribution in [2.75, 3.05) is 26.3 Å². The number of morpholine rings is 1. The minimum Gasteiger partial charge on any atom is -0.479 e. The lowest BCUT2D eigenvalue weighted by molar-refractivity contribution is -0.203. The number of halogens is 3. The van der Waals surface area contributed by atoms with E-state index in [0.717, 1.165) is 4.90 Å². The molecule has 116 valence electrons. The molecule has 2 atom stereocenters. The second-order valence-corrected chi connectivity index (χ2v) is 4.48. The van der Waals surface area contributed by atoms with Crippen LogP contribution in [-0.2, 0) is 9.53 Å². The SMILES string of the molecule is CC(NC(=O)N1CCOC(CO)C1)(C(=O)O)C(F)(F)F. The zero-order valence-corrected chi connectivity index (χ0v) is 10.6. The number of carboxylic acid groups (broad SMARTS) is 1. The number of aliphatic hydroxyl groups is 1. The van der Waals surface area contributed by atoms with Crippen LogP contribution in [0.1, 0.15) is 6.92 Å². The van der Waals surface area contributed by atoms with E-state index in [9.17, 15) is 22.8 Å². The minimum absolute atomic E-state index is 0.00981. The number of carbonyl (C=O) groups is 2. The van der Waals surface area contributed by atoms with Crippen LogP contribution in [0.3, 0.4) is 0 Å². The summed E-state index contributed by atoms with van der Waals surface area (Å²) in [5.74, 6) is -2.20. The average Bonchev–Trinajstić information content (AvgIpc) is 2.37. The van der Waals surface area contributed by atoms with Gasteiger partial charge in [0.1, 0.15) is 0 Å². The standard InChI is InChI=1S/C10H15F3N2O5/c1-9(7(17)18,10(11,12)13)14-8(19)15-2-3-20-6(4-15)5-16/h6,16H,2-5H2,1H3,(H,14,19)(H,17,18). The quantitative estimate of drug-likeness (QED) is 0.670. The number of alkyl halides is 3. The van der Waals surface area contributed by atoms with E-state index in [2.05, 4.69) is 0 Å².